The molecule has 4 N–H and O–H groups in total. The van der Waals surface area contributed by atoms with Crippen molar-refractivity contribution in [1.82, 2.24) is 5.48 Å². The lowest BCUT2D eigenvalue weighted by molar-refractivity contribution is -0.875. The fraction of sp³-hybridized carbons (Fsp3) is 0.909. The molecule has 33 heavy (non-hydrogen) atoms. The minimum Gasteiger partial charge on any atom is -0.476 e. The van der Waals surface area contributed by atoms with Gasteiger partial charge in [-0.3, -0.25) is 13.9 Å². The van der Waals surface area contributed by atoms with Crippen LogP contribution in [0.25, 0.3) is 0 Å². The van der Waals surface area contributed by atoms with Crippen LogP contribution in [0.5, 0.6) is 0 Å². The molecule has 0 aromatic rings. The van der Waals surface area contributed by atoms with Crippen molar-refractivity contribution < 1.29 is 43.1 Å². The van der Waals surface area contributed by atoms with Crippen LogP contribution in [0.2, 0.25) is 0 Å². The molecule has 3 atom stereocenters. The summed E-state index contributed by atoms with van der Waals surface area (Å²) in [6, 6.07) is 0. The standard InChI is InChI=1S/C22H45N2O8P/c1-5-6-7-8-9-10-11-12-13-14-15-16-20(27)23-32-33(30,31-18-19(26)17-25)21(22(28)29)24(2,3)4/h19,21,25-26H,5-18H2,1-4H3,(H-,23,27,28,29)/p+1. The van der Waals surface area contributed by atoms with E-state index in [9.17, 15) is 24.4 Å². The number of aliphatic hydroxyl groups excluding tert-OH is 2. The zero-order valence-corrected chi connectivity index (χ0v) is 21.7. The summed E-state index contributed by atoms with van der Waals surface area (Å²) in [6.45, 7) is 0.945. The second-order valence-electron chi connectivity index (χ2n) is 9.40. The smallest absolute Gasteiger partial charge is 0.420 e. The number of likely N-dealkylation sites (N-methyl/N-ethyl adjacent to an activating group) is 1. The molecule has 1 amide bonds. The van der Waals surface area contributed by atoms with Crippen LogP contribution in [0, 0.1) is 0 Å². The quantitative estimate of drug-likeness (QED) is 0.0818. The summed E-state index contributed by atoms with van der Waals surface area (Å²) in [5, 5.41) is 28.0. The summed E-state index contributed by atoms with van der Waals surface area (Å²) in [5.41, 5.74) is 2.06. The number of amides is 1. The number of carbonyl (C=O) groups excluding carboxylic acids is 1. The Morgan fingerprint density at radius 2 is 1.42 bits per heavy atom. The Bertz CT molecular complexity index is 597. The number of hydrogen-bond donors (Lipinski definition) is 4. The monoisotopic (exact) mass is 497 g/mol. The lowest BCUT2D eigenvalue weighted by Gasteiger charge is -2.34. The second kappa shape index (κ2) is 17.4. The number of rotatable bonds is 21. The molecule has 0 heterocycles. The van der Waals surface area contributed by atoms with Gasteiger partial charge in [0.25, 0.3) is 5.78 Å². The molecule has 0 radical (unpaired) electrons. The molecule has 0 aliphatic heterocycles. The lowest BCUT2D eigenvalue weighted by atomic mass is 10.1. The average Bonchev–Trinajstić information content (AvgIpc) is 2.73. The first-order chi connectivity index (χ1) is 15.5. The Balaban J connectivity index is 4.46. The lowest BCUT2D eigenvalue weighted by Crippen LogP contribution is -2.51. The fourth-order valence-electron chi connectivity index (χ4n) is 3.40. The van der Waals surface area contributed by atoms with Crippen LogP contribution in [-0.4, -0.2) is 77.9 Å². The Morgan fingerprint density at radius 3 is 1.85 bits per heavy atom. The molecular weight excluding hydrogens is 451 g/mol. The van der Waals surface area contributed by atoms with Crippen molar-refractivity contribution >= 4 is 19.5 Å². The number of carboxylic acid groups (broad SMARTS) is 1. The molecule has 0 saturated heterocycles. The maximum Gasteiger partial charge on any atom is 0.420 e. The molecule has 0 aliphatic rings. The number of hydrogen-bond acceptors (Lipinski definition) is 7. The first kappa shape index (κ1) is 32.0. The second-order valence-corrected chi connectivity index (χ2v) is 11.4. The normalized spacial score (nSPS) is 15.6. The summed E-state index contributed by atoms with van der Waals surface area (Å²) in [6.07, 6.45) is 11.4. The maximum atomic E-state index is 13.2. The van der Waals surface area contributed by atoms with Crippen molar-refractivity contribution in [2.24, 2.45) is 0 Å². The van der Waals surface area contributed by atoms with E-state index in [4.69, 9.17) is 14.3 Å². The maximum absolute atomic E-state index is 13.2. The van der Waals surface area contributed by atoms with E-state index in [2.05, 4.69) is 12.4 Å². The van der Waals surface area contributed by atoms with Gasteiger partial charge in [0.15, 0.2) is 0 Å². The van der Waals surface area contributed by atoms with Crippen molar-refractivity contribution in [2.75, 3.05) is 34.4 Å². The SMILES string of the molecule is CCCCCCCCCCCCCC(=O)NOP(=O)(OCC(O)CO)C(C(=O)O)[N+](C)(C)C. The van der Waals surface area contributed by atoms with Crippen LogP contribution < -0.4 is 5.48 Å². The van der Waals surface area contributed by atoms with Crippen molar-refractivity contribution in [1.29, 1.82) is 0 Å². The zero-order valence-electron chi connectivity index (χ0n) is 20.8. The Hall–Kier alpha value is -1.03. The van der Waals surface area contributed by atoms with E-state index in [1.54, 1.807) is 0 Å². The molecule has 10 nitrogen and oxygen atoms in total. The van der Waals surface area contributed by atoms with E-state index in [0.717, 1.165) is 19.3 Å². The van der Waals surface area contributed by atoms with Gasteiger partial charge in [0.1, 0.15) is 6.10 Å². The number of nitrogens with one attached hydrogen (secondary N) is 1. The van der Waals surface area contributed by atoms with Crippen LogP contribution in [0.1, 0.15) is 84.0 Å². The highest BCUT2D eigenvalue weighted by molar-refractivity contribution is 7.55. The molecule has 196 valence electrons. The van der Waals surface area contributed by atoms with Gasteiger partial charge in [-0.1, -0.05) is 71.1 Å². The van der Waals surface area contributed by atoms with Crippen molar-refractivity contribution in [3.05, 3.63) is 0 Å². The molecule has 0 aromatic carbocycles. The molecular formula is C22H46N2O8P+. The number of unbranched alkanes of at least 4 members (excludes halogenated alkanes) is 10. The molecule has 0 rings (SSSR count). The predicted octanol–water partition coefficient (Wildman–Crippen LogP) is 3.42. The Morgan fingerprint density at radius 1 is 0.939 bits per heavy atom. The molecule has 0 bridgehead atoms. The van der Waals surface area contributed by atoms with E-state index in [1.807, 2.05) is 0 Å². The van der Waals surface area contributed by atoms with E-state index in [1.165, 1.54) is 66.1 Å². The van der Waals surface area contributed by atoms with Gasteiger partial charge in [-0.2, -0.15) is 4.62 Å². The van der Waals surface area contributed by atoms with Crippen LogP contribution >= 0.6 is 7.60 Å². The summed E-state index contributed by atoms with van der Waals surface area (Å²) in [4.78, 5) is 23.9. The number of carbonyl (C=O) groups is 2. The first-order valence-corrected chi connectivity index (χ1v) is 13.6. The van der Waals surface area contributed by atoms with Gasteiger partial charge >= 0.3 is 13.6 Å². The number of carboxylic acids is 1. The van der Waals surface area contributed by atoms with Crippen LogP contribution in [0.4, 0.5) is 0 Å². The third-order valence-corrected chi connectivity index (χ3v) is 7.57. The van der Waals surface area contributed by atoms with Gasteiger partial charge in [0.2, 0.25) is 5.91 Å². The molecule has 0 saturated carbocycles. The molecule has 0 aliphatic carbocycles. The number of aliphatic hydroxyl groups is 2. The van der Waals surface area contributed by atoms with Gasteiger partial charge in [-0.25, -0.2) is 10.3 Å². The highest BCUT2D eigenvalue weighted by atomic mass is 31.2. The summed E-state index contributed by atoms with van der Waals surface area (Å²) in [7, 11) is 0.0547. The third kappa shape index (κ3) is 14.8. The van der Waals surface area contributed by atoms with E-state index in [-0.39, 0.29) is 10.9 Å². The molecule has 0 fully saturated rings. The van der Waals surface area contributed by atoms with Crippen molar-refractivity contribution in [2.45, 2.75) is 95.9 Å². The van der Waals surface area contributed by atoms with Crippen molar-refractivity contribution in [3.63, 3.8) is 0 Å². The number of hydroxylamine groups is 1. The highest BCUT2D eigenvalue weighted by Gasteiger charge is 2.52. The van der Waals surface area contributed by atoms with Crippen molar-refractivity contribution in [3.8, 4) is 0 Å². The minimum absolute atomic E-state index is 0.151. The van der Waals surface area contributed by atoms with E-state index in [0.29, 0.717) is 6.42 Å². The van der Waals surface area contributed by atoms with Gasteiger partial charge in [-0.15, -0.1) is 0 Å². The minimum atomic E-state index is -4.43. The summed E-state index contributed by atoms with van der Waals surface area (Å²) >= 11 is 0. The zero-order chi connectivity index (χ0) is 25.3. The number of quaternary nitrogens is 1. The predicted molar refractivity (Wildman–Crippen MR) is 126 cm³/mol. The summed E-state index contributed by atoms with van der Waals surface area (Å²) in [5.74, 6) is -3.61. The van der Waals surface area contributed by atoms with Crippen LogP contribution in [-0.2, 0) is 23.3 Å². The molecule has 3 unspecified atom stereocenters. The average molecular weight is 498 g/mol. The van der Waals surface area contributed by atoms with Gasteiger partial charge in [-0.05, 0) is 6.42 Å². The highest BCUT2D eigenvalue weighted by Crippen LogP contribution is 2.54. The largest absolute Gasteiger partial charge is 0.476 e. The topological polar surface area (TPSA) is 142 Å². The molecule has 0 spiro atoms. The van der Waals surface area contributed by atoms with Gasteiger partial charge in [0.05, 0.1) is 34.4 Å². The molecule has 11 heteroatoms. The molecule has 0 aromatic heterocycles. The Kier molecular flexibility index (Phi) is 16.9. The summed E-state index contributed by atoms with van der Waals surface area (Å²) < 4.78 is 23.1. The van der Waals surface area contributed by atoms with Gasteiger partial charge < -0.3 is 19.8 Å². The fourth-order valence-corrected chi connectivity index (χ4v) is 5.42. The van der Waals surface area contributed by atoms with E-state index >= 15 is 0 Å². The van der Waals surface area contributed by atoms with Gasteiger partial charge in [0, 0.05) is 6.42 Å². The number of nitrogens with zero attached hydrogens (tertiary/aromatic N) is 1. The van der Waals surface area contributed by atoms with Crippen LogP contribution in [0.15, 0.2) is 0 Å². The van der Waals surface area contributed by atoms with Crippen LogP contribution in [0.3, 0.4) is 0 Å². The van der Waals surface area contributed by atoms with E-state index < -0.39 is 44.6 Å². The first-order valence-electron chi connectivity index (χ1n) is 12.0. The Labute approximate surface area is 198 Å². The number of aliphatic carboxylic acids is 1. The third-order valence-electron chi connectivity index (χ3n) is 5.21.